The fourth-order valence-electron chi connectivity index (χ4n) is 11.4. The number of likely N-dealkylation sites (N-methyl/N-ethyl adjacent to an activating group) is 1. The Morgan fingerprint density at radius 2 is 0.655 bits per heavy atom. The van der Waals surface area contributed by atoms with E-state index in [0.717, 1.165) is 57.8 Å². The number of allylic oxidation sites excluding steroid dienone is 8. The highest BCUT2D eigenvalue weighted by Crippen LogP contribution is 2.38. The molecular formula is C77H146NO8P. The van der Waals surface area contributed by atoms with Crippen LogP contribution in [0.4, 0.5) is 0 Å². The summed E-state index contributed by atoms with van der Waals surface area (Å²) in [5.74, 6) is -0.808. The minimum atomic E-state index is -4.64. The number of hydrogen-bond acceptors (Lipinski definition) is 8. The predicted molar refractivity (Wildman–Crippen MR) is 374 cm³/mol. The Morgan fingerprint density at radius 3 is 0.977 bits per heavy atom. The molecular weight excluding hydrogens is 1100 g/mol. The summed E-state index contributed by atoms with van der Waals surface area (Å²) >= 11 is 0. The van der Waals surface area contributed by atoms with E-state index in [1.807, 2.05) is 21.1 Å². The van der Waals surface area contributed by atoms with Crippen LogP contribution in [-0.2, 0) is 32.7 Å². The van der Waals surface area contributed by atoms with Crippen molar-refractivity contribution in [3.63, 3.8) is 0 Å². The molecule has 10 heteroatoms. The van der Waals surface area contributed by atoms with Crippen LogP contribution in [0.2, 0.25) is 0 Å². The van der Waals surface area contributed by atoms with Crippen molar-refractivity contribution in [1.29, 1.82) is 0 Å². The van der Waals surface area contributed by atoms with Crippen LogP contribution in [0.25, 0.3) is 0 Å². The second kappa shape index (κ2) is 68.3. The maximum Gasteiger partial charge on any atom is 0.306 e. The molecule has 0 aromatic heterocycles. The number of unbranched alkanes of at least 4 members (excludes halogenated alkanes) is 49. The maximum absolute atomic E-state index is 12.9. The van der Waals surface area contributed by atoms with Crippen LogP contribution in [0.15, 0.2) is 48.6 Å². The van der Waals surface area contributed by atoms with E-state index in [4.69, 9.17) is 18.5 Å². The van der Waals surface area contributed by atoms with E-state index >= 15 is 0 Å². The summed E-state index contributed by atoms with van der Waals surface area (Å²) in [6.45, 7) is 4.21. The van der Waals surface area contributed by atoms with Crippen LogP contribution < -0.4 is 4.89 Å². The number of nitrogens with zero attached hydrogens (tertiary/aromatic N) is 1. The zero-order valence-corrected chi connectivity index (χ0v) is 59.4. The number of phosphoric ester groups is 1. The average Bonchev–Trinajstić information content (AvgIpc) is 3.56. The molecule has 0 saturated carbocycles. The number of phosphoric acid groups is 1. The first kappa shape index (κ1) is 85.0. The summed E-state index contributed by atoms with van der Waals surface area (Å²) in [6.07, 6.45) is 89.4. The van der Waals surface area contributed by atoms with Gasteiger partial charge < -0.3 is 27.9 Å². The number of esters is 2. The first-order valence-corrected chi connectivity index (χ1v) is 39.3. The molecule has 0 spiro atoms. The van der Waals surface area contributed by atoms with Gasteiger partial charge in [0.25, 0.3) is 7.82 Å². The van der Waals surface area contributed by atoms with Crippen LogP contribution in [0.1, 0.15) is 380 Å². The van der Waals surface area contributed by atoms with Crippen molar-refractivity contribution >= 4 is 19.8 Å². The van der Waals surface area contributed by atoms with Crippen molar-refractivity contribution in [3.8, 4) is 0 Å². The molecule has 0 aromatic carbocycles. The predicted octanol–water partition coefficient (Wildman–Crippen LogP) is 24.1. The Balaban J connectivity index is 3.92. The Morgan fingerprint density at radius 1 is 0.368 bits per heavy atom. The van der Waals surface area contributed by atoms with Gasteiger partial charge in [0.1, 0.15) is 19.8 Å². The van der Waals surface area contributed by atoms with Crippen molar-refractivity contribution < 1.29 is 42.1 Å². The average molecular weight is 1240 g/mol. The summed E-state index contributed by atoms with van der Waals surface area (Å²) in [7, 11) is 1.19. The number of quaternary nitrogens is 1. The minimum Gasteiger partial charge on any atom is -0.756 e. The lowest BCUT2D eigenvalue weighted by atomic mass is 10.0. The number of hydrogen-bond donors (Lipinski definition) is 0. The minimum absolute atomic E-state index is 0.0272. The van der Waals surface area contributed by atoms with Gasteiger partial charge in [-0.3, -0.25) is 14.2 Å². The molecule has 0 radical (unpaired) electrons. The topological polar surface area (TPSA) is 111 Å². The molecule has 0 saturated heterocycles. The second-order valence-electron chi connectivity index (χ2n) is 27.0. The molecule has 0 amide bonds. The standard InChI is InChI=1S/C77H146NO8P/c1-6-8-10-12-14-16-18-20-22-24-26-28-30-32-34-35-36-37-38-39-40-41-42-43-44-46-48-50-52-54-56-58-60-62-64-66-68-70-77(80)86-75(74-85-87(81,82)84-72-71-78(3,4)5)73-83-76(79)69-67-65-63-61-59-57-55-53-51-49-47-45-33-31-29-27-25-23-21-19-17-15-13-11-9-7-2/h8,10,14,16,20,22,26,28,75H,6-7,9,11-13,15,17-19,21,23-25,27,29-74H2,1-5H3/b10-8-,16-14-,22-20-,28-26-. The fourth-order valence-corrected chi connectivity index (χ4v) is 12.1. The molecule has 0 bridgehead atoms. The number of rotatable bonds is 71. The molecule has 0 aromatic rings. The van der Waals surface area contributed by atoms with E-state index in [1.165, 1.54) is 289 Å². The molecule has 0 fully saturated rings. The highest BCUT2D eigenvalue weighted by atomic mass is 31.2. The van der Waals surface area contributed by atoms with Crippen molar-refractivity contribution in [2.24, 2.45) is 0 Å². The highest BCUT2D eigenvalue weighted by molar-refractivity contribution is 7.45. The van der Waals surface area contributed by atoms with Crippen LogP contribution in [0.3, 0.4) is 0 Å². The van der Waals surface area contributed by atoms with Gasteiger partial charge in [-0.25, -0.2) is 0 Å². The quantitative estimate of drug-likeness (QED) is 0.0195. The van der Waals surface area contributed by atoms with Crippen LogP contribution in [0, 0.1) is 0 Å². The third-order valence-corrected chi connectivity index (χ3v) is 18.1. The Hall–Kier alpha value is -2.03. The Kier molecular flexibility index (Phi) is 66.7. The van der Waals surface area contributed by atoms with Crippen LogP contribution >= 0.6 is 7.82 Å². The molecule has 0 heterocycles. The van der Waals surface area contributed by atoms with Crippen molar-refractivity contribution in [2.45, 2.75) is 386 Å². The lowest BCUT2D eigenvalue weighted by molar-refractivity contribution is -0.870. The lowest BCUT2D eigenvalue weighted by Crippen LogP contribution is -2.37. The third kappa shape index (κ3) is 72.9. The fraction of sp³-hybridized carbons (Fsp3) is 0.870. The smallest absolute Gasteiger partial charge is 0.306 e. The zero-order valence-electron chi connectivity index (χ0n) is 58.5. The van der Waals surface area contributed by atoms with Crippen LogP contribution in [0.5, 0.6) is 0 Å². The summed E-state index contributed by atoms with van der Waals surface area (Å²) in [6, 6.07) is 0. The van der Waals surface area contributed by atoms with Crippen molar-refractivity contribution in [3.05, 3.63) is 48.6 Å². The molecule has 2 atom stereocenters. The van der Waals surface area contributed by atoms with Gasteiger partial charge in [0, 0.05) is 12.8 Å². The number of carbonyl (C=O) groups is 2. The van der Waals surface area contributed by atoms with E-state index in [0.29, 0.717) is 17.4 Å². The lowest BCUT2D eigenvalue weighted by Gasteiger charge is -2.28. The third-order valence-electron chi connectivity index (χ3n) is 17.1. The maximum atomic E-state index is 12.9. The Labute approximate surface area is 541 Å². The van der Waals surface area contributed by atoms with Crippen molar-refractivity contribution in [1.82, 2.24) is 0 Å². The molecule has 0 aliphatic rings. The van der Waals surface area contributed by atoms with Gasteiger partial charge in [-0.15, -0.1) is 0 Å². The molecule has 0 rings (SSSR count). The number of ether oxygens (including phenoxy) is 2. The normalized spacial score (nSPS) is 13.3. The summed E-state index contributed by atoms with van der Waals surface area (Å²) < 4.78 is 34.4. The summed E-state index contributed by atoms with van der Waals surface area (Å²) in [5.41, 5.74) is 0. The van der Waals surface area contributed by atoms with E-state index in [9.17, 15) is 19.0 Å². The van der Waals surface area contributed by atoms with Gasteiger partial charge >= 0.3 is 11.9 Å². The monoisotopic (exact) mass is 1240 g/mol. The van der Waals surface area contributed by atoms with Gasteiger partial charge in [0.2, 0.25) is 0 Å². The van der Waals surface area contributed by atoms with Crippen molar-refractivity contribution in [2.75, 3.05) is 47.5 Å². The highest BCUT2D eigenvalue weighted by Gasteiger charge is 2.22. The van der Waals surface area contributed by atoms with Gasteiger partial charge in [0.15, 0.2) is 6.10 Å². The second-order valence-corrected chi connectivity index (χ2v) is 28.4. The Bertz CT molecular complexity index is 1610. The summed E-state index contributed by atoms with van der Waals surface area (Å²) in [4.78, 5) is 38.1. The largest absolute Gasteiger partial charge is 0.756 e. The summed E-state index contributed by atoms with van der Waals surface area (Å²) in [5, 5.41) is 0. The van der Waals surface area contributed by atoms with Gasteiger partial charge in [-0.05, 0) is 51.4 Å². The first-order chi connectivity index (χ1) is 42.5. The zero-order chi connectivity index (χ0) is 63.4. The van der Waals surface area contributed by atoms with E-state index < -0.39 is 26.5 Å². The van der Waals surface area contributed by atoms with E-state index in [-0.39, 0.29) is 32.0 Å². The number of carbonyl (C=O) groups excluding carboxylic acids is 2. The molecule has 9 nitrogen and oxygen atoms in total. The van der Waals surface area contributed by atoms with E-state index in [2.05, 4.69) is 62.5 Å². The van der Waals surface area contributed by atoms with Crippen LogP contribution in [-0.4, -0.2) is 70.0 Å². The van der Waals surface area contributed by atoms with Gasteiger partial charge in [-0.1, -0.05) is 364 Å². The molecule has 87 heavy (non-hydrogen) atoms. The first-order valence-electron chi connectivity index (χ1n) is 37.8. The van der Waals surface area contributed by atoms with E-state index in [1.54, 1.807) is 0 Å². The SMILES string of the molecule is CC/C=C\C/C=C\C/C=C\C/C=C\CCCCCCCCCCCCCCCCCCCCCCCCCCC(=O)OC(COC(=O)CCCCCCCCCCCCCCCCCCCCCCCCCCCC)COP(=O)([O-])OCC[N+](C)(C)C. The van der Waals surface area contributed by atoms with Gasteiger partial charge in [-0.2, -0.15) is 0 Å². The molecule has 0 aliphatic carbocycles. The molecule has 512 valence electrons. The molecule has 0 N–H and O–H groups in total. The molecule has 0 aliphatic heterocycles. The molecule has 2 unspecified atom stereocenters. The van der Waals surface area contributed by atoms with Gasteiger partial charge in [0.05, 0.1) is 27.7 Å².